The Kier molecular flexibility index (Phi) is 6.36. The largest absolute Gasteiger partial charge is 0.483 e. The molecule has 0 fully saturated rings. The number of Topliss-reactive ketones (excluding diaryl/α,β-unsaturated/α-hetero) is 1. The normalized spacial score (nSPS) is 10.6. The lowest BCUT2D eigenvalue weighted by Gasteiger charge is -2.13. The molecule has 100 valence electrons. The molecule has 0 atom stereocenters. The van der Waals surface area contributed by atoms with Crippen molar-refractivity contribution in [2.24, 2.45) is 0 Å². The summed E-state index contributed by atoms with van der Waals surface area (Å²) in [5, 5.41) is 0.234. The highest BCUT2D eigenvalue weighted by Crippen LogP contribution is 2.48. The first-order chi connectivity index (χ1) is 8.40. The Morgan fingerprint density at radius 2 is 1.39 bits per heavy atom. The highest BCUT2D eigenvalue weighted by Gasteiger charge is 2.21. The highest BCUT2D eigenvalue weighted by molar-refractivity contribution is 6.55. The van der Waals surface area contributed by atoms with Crippen molar-refractivity contribution in [3.05, 3.63) is 25.1 Å². The fraction of sp³-hybridized carbons (Fsp3) is 0.364. The Bertz CT molecular complexity index is 444. The number of hydrogen-bond acceptors (Lipinski definition) is 2. The first-order valence-electron chi connectivity index (χ1n) is 5.06. The number of carbonyl (C=O) groups excluding carboxylic acids is 1. The standard InChI is InChI=1S/C11H9Cl5O2/c1-2-3-5(17)4-18-11-9(15)7(13)6(12)8(14)10(11)16/h2-4H2,1H3. The van der Waals surface area contributed by atoms with E-state index in [1.54, 1.807) is 0 Å². The van der Waals surface area contributed by atoms with E-state index in [2.05, 4.69) is 0 Å². The van der Waals surface area contributed by atoms with Gasteiger partial charge in [-0.15, -0.1) is 0 Å². The van der Waals surface area contributed by atoms with Gasteiger partial charge in [0.25, 0.3) is 0 Å². The number of carbonyl (C=O) groups is 1. The summed E-state index contributed by atoms with van der Waals surface area (Å²) in [5.74, 6) is 0.00835. The van der Waals surface area contributed by atoms with Gasteiger partial charge < -0.3 is 4.74 Å². The molecule has 0 N–H and O–H groups in total. The van der Waals surface area contributed by atoms with E-state index in [0.717, 1.165) is 6.42 Å². The van der Waals surface area contributed by atoms with Crippen molar-refractivity contribution in [3.8, 4) is 5.75 Å². The van der Waals surface area contributed by atoms with Gasteiger partial charge in [-0.05, 0) is 6.42 Å². The third kappa shape index (κ3) is 3.58. The lowest BCUT2D eigenvalue weighted by atomic mass is 10.2. The number of rotatable bonds is 5. The molecule has 2 nitrogen and oxygen atoms in total. The molecule has 7 heteroatoms. The molecule has 0 saturated carbocycles. The predicted octanol–water partition coefficient (Wildman–Crippen LogP) is 5.70. The second kappa shape index (κ2) is 7.06. The molecule has 1 aromatic rings. The van der Waals surface area contributed by atoms with Crippen molar-refractivity contribution in [2.45, 2.75) is 19.8 Å². The molecular formula is C11H9Cl5O2. The smallest absolute Gasteiger partial charge is 0.170 e. The third-order valence-corrected chi connectivity index (χ3v) is 4.32. The van der Waals surface area contributed by atoms with Crippen molar-refractivity contribution in [1.29, 1.82) is 0 Å². The highest BCUT2D eigenvalue weighted by atomic mass is 35.5. The summed E-state index contributed by atoms with van der Waals surface area (Å²) in [6.45, 7) is 1.76. The molecule has 0 aliphatic heterocycles. The molecule has 1 aromatic carbocycles. The van der Waals surface area contributed by atoms with Crippen LogP contribution in [0, 0.1) is 0 Å². The van der Waals surface area contributed by atoms with Gasteiger partial charge in [-0.2, -0.15) is 0 Å². The molecule has 0 aliphatic rings. The van der Waals surface area contributed by atoms with Crippen LogP contribution in [-0.2, 0) is 4.79 Å². The van der Waals surface area contributed by atoms with E-state index in [4.69, 9.17) is 62.7 Å². The maximum Gasteiger partial charge on any atom is 0.170 e. The maximum absolute atomic E-state index is 11.4. The van der Waals surface area contributed by atoms with E-state index < -0.39 is 0 Å². The van der Waals surface area contributed by atoms with Crippen LogP contribution in [0.1, 0.15) is 19.8 Å². The van der Waals surface area contributed by atoms with Crippen LogP contribution in [0.2, 0.25) is 25.1 Å². The summed E-state index contributed by atoms with van der Waals surface area (Å²) in [7, 11) is 0. The Hall–Kier alpha value is 0.140. The van der Waals surface area contributed by atoms with Gasteiger partial charge >= 0.3 is 0 Å². The molecule has 1 rings (SSSR count). The Balaban J connectivity index is 2.99. The van der Waals surface area contributed by atoms with Crippen molar-refractivity contribution in [1.82, 2.24) is 0 Å². The van der Waals surface area contributed by atoms with Crippen molar-refractivity contribution in [2.75, 3.05) is 6.61 Å². The van der Waals surface area contributed by atoms with E-state index in [1.165, 1.54) is 0 Å². The number of hydrogen-bond donors (Lipinski definition) is 0. The van der Waals surface area contributed by atoms with Crippen molar-refractivity contribution >= 4 is 63.8 Å². The average molecular weight is 350 g/mol. The molecule has 0 heterocycles. The zero-order valence-corrected chi connectivity index (χ0v) is 13.1. The lowest BCUT2D eigenvalue weighted by molar-refractivity contribution is -0.121. The van der Waals surface area contributed by atoms with Gasteiger partial charge in [0.05, 0.1) is 15.1 Å². The van der Waals surface area contributed by atoms with E-state index in [1.807, 2.05) is 6.92 Å². The molecule has 0 aliphatic carbocycles. The summed E-state index contributed by atoms with van der Waals surface area (Å²) < 4.78 is 5.26. The number of halogens is 5. The SMILES string of the molecule is CCCC(=O)COc1c(Cl)c(Cl)c(Cl)c(Cl)c1Cl. The fourth-order valence-electron chi connectivity index (χ4n) is 1.22. The molecule has 0 saturated heterocycles. The second-order valence-corrected chi connectivity index (χ2v) is 5.37. The third-order valence-electron chi connectivity index (χ3n) is 2.08. The topological polar surface area (TPSA) is 26.3 Å². The lowest BCUT2D eigenvalue weighted by Crippen LogP contribution is -2.11. The van der Waals surface area contributed by atoms with Gasteiger partial charge in [0.1, 0.15) is 16.7 Å². The predicted molar refractivity (Wildman–Crippen MR) is 76.9 cm³/mol. The van der Waals surface area contributed by atoms with E-state index in [-0.39, 0.29) is 43.3 Å². The molecule has 0 spiro atoms. The number of ketones is 1. The summed E-state index contributed by atoms with van der Waals surface area (Å²) in [6, 6.07) is 0. The minimum Gasteiger partial charge on any atom is -0.483 e. The van der Waals surface area contributed by atoms with Gasteiger partial charge in [-0.25, -0.2) is 0 Å². The van der Waals surface area contributed by atoms with E-state index >= 15 is 0 Å². The Morgan fingerprint density at radius 3 is 1.83 bits per heavy atom. The first-order valence-corrected chi connectivity index (χ1v) is 6.95. The Labute approximate surface area is 130 Å². The monoisotopic (exact) mass is 348 g/mol. The summed E-state index contributed by atoms with van der Waals surface area (Å²) in [6.07, 6.45) is 1.16. The fourth-order valence-corrected chi connectivity index (χ4v) is 2.45. The van der Waals surface area contributed by atoms with Crippen LogP contribution in [0.5, 0.6) is 5.75 Å². The maximum atomic E-state index is 11.4. The summed E-state index contributed by atoms with van der Waals surface area (Å²) in [5.41, 5.74) is 0. The van der Waals surface area contributed by atoms with Crippen molar-refractivity contribution in [3.63, 3.8) is 0 Å². The van der Waals surface area contributed by atoms with Crippen LogP contribution in [0.15, 0.2) is 0 Å². The molecule has 0 radical (unpaired) electrons. The number of benzene rings is 1. The second-order valence-electron chi connectivity index (χ2n) is 3.48. The minimum atomic E-state index is -0.137. The quantitative estimate of drug-likeness (QED) is 0.503. The first kappa shape index (κ1) is 16.2. The van der Waals surface area contributed by atoms with Gasteiger partial charge in [-0.1, -0.05) is 64.9 Å². The summed E-state index contributed by atoms with van der Waals surface area (Å²) >= 11 is 29.4. The van der Waals surface area contributed by atoms with Gasteiger partial charge in [0.2, 0.25) is 0 Å². The number of ether oxygens (including phenoxy) is 1. The molecule has 18 heavy (non-hydrogen) atoms. The van der Waals surface area contributed by atoms with Gasteiger partial charge in [0.15, 0.2) is 11.5 Å². The van der Waals surface area contributed by atoms with Crippen molar-refractivity contribution < 1.29 is 9.53 Å². The molecule has 0 amide bonds. The van der Waals surface area contributed by atoms with Crippen LogP contribution in [0.4, 0.5) is 0 Å². The van der Waals surface area contributed by atoms with Crippen LogP contribution in [0.25, 0.3) is 0 Å². The van der Waals surface area contributed by atoms with E-state index in [9.17, 15) is 4.79 Å². The van der Waals surface area contributed by atoms with Crippen LogP contribution in [0.3, 0.4) is 0 Å². The molecular weight excluding hydrogens is 341 g/mol. The van der Waals surface area contributed by atoms with Crippen LogP contribution in [-0.4, -0.2) is 12.4 Å². The zero-order valence-electron chi connectivity index (χ0n) is 9.33. The van der Waals surface area contributed by atoms with Crippen LogP contribution >= 0.6 is 58.0 Å². The molecule has 0 bridgehead atoms. The molecule has 0 aromatic heterocycles. The van der Waals surface area contributed by atoms with Gasteiger partial charge in [0, 0.05) is 6.42 Å². The zero-order chi connectivity index (χ0) is 13.9. The van der Waals surface area contributed by atoms with E-state index in [0.29, 0.717) is 6.42 Å². The Morgan fingerprint density at radius 1 is 0.944 bits per heavy atom. The van der Waals surface area contributed by atoms with Gasteiger partial charge in [-0.3, -0.25) is 4.79 Å². The average Bonchev–Trinajstić information content (AvgIpc) is 2.34. The molecule has 0 unspecified atom stereocenters. The minimum absolute atomic E-state index is 0.0420. The van der Waals surface area contributed by atoms with Crippen LogP contribution < -0.4 is 4.74 Å². The summed E-state index contributed by atoms with van der Waals surface area (Å²) in [4.78, 5) is 11.4.